The molecule has 0 atom stereocenters. The van der Waals surface area contributed by atoms with Gasteiger partial charge in [0.2, 0.25) is 0 Å². The number of hydrogen-bond donors (Lipinski definition) is 2. The van der Waals surface area contributed by atoms with E-state index in [1.807, 2.05) is 19.1 Å². The molecule has 2 N–H and O–H groups in total. The van der Waals surface area contributed by atoms with Crippen molar-refractivity contribution >= 4 is 28.5 Å². The number of fused-ring (bicyclic) bond motifs is 1. The van der Waals surface area contributed by atoms with Crippen LogP contribution >= 0.6 is 11.6 Å². The lowest BCUT2D eigenvalue weighted by atomic mass is 10.0. The molecule has 2 aromatic rings. The SMILES string of the molecule is COC(=O)c1[nH]c2c(C)c(Cl)ccc2c1CCCO. The number of aromatic nitrogens is 1. The number of aliphatic hydroxyl groups is 1. The normalized spacial score (nSPS) is 10.9. The number of carbonyl (C=O) groups is 1. The number of methoxy groups -OCH3 is 1. The number of carbonyl (C=O) groups excluding carboxylic acids is 1. The van der Waals surface area contributed by atoms with Crippen molar-refractivity contribution in [3.05, 3.63) is 34.0 Å². The fourth-order valence-electron chi connectivity index (χ4n) is 2.23. The van der Waals surface area contributed by atoms with Crippen LogP contribution in [-0.2, 0) is 11.2 Å². The van der Waals surface area contributed by atoms with Gasteiger partial charge in [0.1, 0.15) is 5.69 Å². The lowest BCUT2D eigenvalue weighted by molar-refractivity contribution is 0.0593. The molecule has 1 heterocycles. The molecule has 0 aliphatic heterocycles. The number of aliphatic hydroxyl groups excluding tert-OH is 1. The Morgan fingerprint density at radius 3 is 2.84 bits per heavy atom. The Kier molecular flexibility index (Phi) is 4.12. The zero-order valence-corrected chi connectivity index (χ0v) is 11.7. The van der Waals surface area contributed by atoms with Gasteiger partial charge < -0.3 is 14.8 Å². The molecule has 102 valence electrons. The van der Waals surface area contributed by atoms with E-state index in [1.54, 1.807) is 0 Å². The molecular formula is C14H16ClNO3. The number of esters is 1. The summed E-state index contributed by atoms with van der Waals surface area (Å²) in [4.78, 5) is 14.9. The second-order valence-electron chi connectivity index (χ2n) is 4.39. The van der Waals surface area contributed by atoms with E-state index >= 15 is 0 Å². The van der Waals surface area contributed by atoms with Crippen molar-refractivity contribution in [2.75, 3.05) is 13.7 Å². The van der Waals surface area contributed by atoms with Gasteiger partial charge in [-0.15, -0.1) is 0 Å². The van der Waals surface area contributed by atoms with Crippen LogP contribution in [0.15, 0.2) is 12.1 Å². The fourth-order valence-corrected chi connectivity index (χ4v) is 2.38. The van der Waals surface area contributed by atoms with Crippen LogP contribution < -0.4 is 0 Å². The second-order valence-corrected chi connectivity index (χ2v) is 4.80. The van der Waals surface area contributed by atoms with Crippen LogP contribution in [0.4, 0.5) is 0 Å². The average molecular weight is 282 g/mol. The van der Waals surface area contributed by atoms with Crippen molar-refractivity contribution in [3.8, 4) is 0 Å². The second kappa shape index (κ2) is 5.63. The van der Waals surface area contributed by atoms with Crippen LogP contribution in [0.2, 0.25) is 5.02 Å². The number of ether oxygens (including phenoxy) is 1. The van der Waals surface area contributed by atoms with Crippen molar-refractivity contribution in [1.82, 2.24) is 4.98 Å². The maximum Gasteiger partial charge on any atom is 0.354 e. The predicted molar refractivity (Wildman–Crippen MR) is 74.8 cm³/mol. The molecule has 0 saturated heterocycles. The lowest BCUT2D eigenvalue weighted by Gasteiger charge is -2.02. The monoisotopic (exact) mass is 281 g/mol. The largest absolute Gasteiger partial charge is 0.464 e. The zero-order valence-electron chi connectivity index (χ0n) is 10.9. The first kappa shape index (κ1) is 13.9. The highest BCUT2D eigenvalue weighted by atomic mass is 35.5. The summed E-state index contributed by atoms with van der Waals surface area (Å²) in [6.45, 7) is 1.98. The predicted octanol–water partition coefficient (Wildman–Crippen LogP) is 2.84. The van der Waals surface area contributed by atoms with Gasteiger partial charge in [-0.05, 0) is 37.0 Å². The summed E-state index contributed by atoms with van der Waals surface area (Å²) in [5, 5.41) is 10.6. The Morgan fingerprint density at radius 1 is 1.47 bits per heavy atom. The third-order valence-electron chi connectivity index (χ3n) is 3.25. The van der Waals surface area contributed by atoms with E-state index in [1.165, 1.54) is 7.11 Å². The van der Waals surface area contributed by atoms with Crippen LogP contribution in [0.3, 0.4) is 0 Å². The van der Waals surface area contributed by atoms with Gasteiger partial charge >= 0.3 is 5.97 Å². The van der Waals surface area contributed by atoms with Crippen LogP contribution in [0.25, 0.3) is 10.9 Å². The van der Waals surface area contributed by atoms with Gasteiger partial charge in [0.15, 0.2) is 0 Å². The highest BCUT2D eigenvalue weighted by Gasteiger charge is 2.19. The van der Waals surface area contributed by atoms with E-state index < -0.39 is 5.97 Å². The van der Waals surface area contributed by atoms with Crippen LogP contribution in [0, 0.1) is 6.92 Å². The summed E-state index contributed by atoms with van der Waals surface area (Å²) in [5.41, 5.74) is 3.06. The highest BCUT2D eigenvalue weighted by molar-refractivity contribution is 6.32. The summed E-state index contributed by atoms with van der Waals surface area (Å²) in [6, 6.07) is 3.71. The molecule has 0 aliphatic carbocycles. The van der Waals surface area contributed by atoms with Gasteiger partial charge in [0.25, 0.3) is 0 Å². The van der Waals surface area contributed by atoms with E-state index in [-0.39, 0.29) is 6.61 Å². The summed E-state index contributed by atoms with van der Waals surface area (Å²) in [7, 11) is 1.35. The van der Waals surface area contributed by atoms with Gasteiger partial charge in [0.05, 0.1) is 12.6 Å². The summed E-state index contributed by atoms with van der Waals surface area (Å²) in [6.07, 6.45) is 1.21. The molecule has 19 heavy (non-hydrogen) atoms. The van der Waals surface area contributed by atoms with Gasteiger partial charge in [0, 0.05) is 17.0 Å². The number of aryl methyl sites for hydroxylation is 2. The molecule has 0 amide bonds. The highest BCUT2D eigenvalue weighted by Crippen LogP contribution is 2.30. The zero-order chi connectivity index (χ0) is 14.0. The van der Waals surface area contributed by atoms with Gasteiger partial charge in [-0.1, -0.05) is 17.7 Å². The Balaban J connectivity index is 2.65. The molecule has 1 aromatic heterocycles. The van der Waals surface area contributed by atoms with E-state index in [4.69, 9.17) is 21.4 Å². The fraction of sp³-hybridized carbons (Fsp3) is 0.357. The topological polar surface area (TPSA) is 62.3 Å². The first-order valence-electron chi connectivity index (χ1n) is 6.09. The van der Waals surface area contributed by atoms with Crippen LogP contribution in [0.5, 0.6) is 0 Å². The number of nitrogens with one attached hydrogen (secondary N) is 1. The lowest BCUT2D eigenvalue weighted by Crippen LogP contribution is -2.05. The molecule has 0 saturated carbocycles. The number of hydrogen-bond acceptors (Lipinski definition) is 3. The number of rotatable bonds is 4. The molecule has 1 aromatic carbocycles. The molecule has 4 nitrogen and oxygen atoms in total. The van der Waals surface area contributed by atoms with Crippen molar-refractivity contribution < 1.29 is 14.6 Å². The minimum atomic E-state index is -0.403. The average Bonchev–Trinajstić information content (AvgIpc) is 2.79. The third-order valence-corrected chi connectivity index (χ3v) is 3.66. The Hall–Kier alpha value is -1.52. The van der Waals surface area contributed by atoms with E-state index in [9.17, 15) is 4.79 Å². The minimum Gasteiger partial charge on any atom is -0.464 e. The van der Waals surface area contributed by atoms with Gasteiger partial charge in [-0.25, -0.2) is 4.79 Å². The smallest absolute Gasteiger partial charge is 0.354 e. The van der Waals surface area contributed by atoms with E-state index in [0.717, 1.165) is 22.0 Å². The van der Waals surface area contributed by atoms with Gasteiger partial charge in [-0.2, -0.15) is 0 Å². The maximum atomic E-state index is 11.8. The molecule has 2 rings (SSSR count). The molecular weight excluding hydrogens is 266 g/mol. The molecule has 0 aliphatic rings. The Morgan fingerprint density at radius 2 is 2.21 bits per heavy atom. The number of benzene rings is 1. The molecule has 0 fully saturated rings. The summed E-state index contributed by atoms with van der Waals surface area (Å²) < 4.78 is 4.79. The number of H-pyrrole nitrogens is 1. The first-order chi connectivity index (χ1) is 9.10. The summed E-state index contributed by atoms with van der Waals surface area (Å²) >= 11 is 6.09. The quantitative estimate of drug-likeness (QED) is 0.847. The molecule has 5 heteroatoms. The van der Waals surface area contributed by atoms with Gasteiger partial charge in [-0.3, -0.25) is 0 Å². The maximum absolute atomic E-state index is 11.8. The van der Waals surface area contributed by atoms with Crippen LogP contribution in [0.1, 0.15) is 28.0 Å². The molecule has 0 unspecified atom stereocenters. The van der Waals surface area contributed by atoms with Crippen molar-refractivity contribution in [3.63, 3.8) is 0 Å². The molecule has 0 spiro atoms. The van der Waals surface area contributed by atoms with Crippen molar-refractivity contribution in [1.29, 1.82) is 0 Å². The van der Waals surface area contributed by atoms with Crippen LogP contribution in [-0.4, -0.2) is 29.8 Å². The van der Waals surface area contributed by atoms with E-state index in [2.05, 4.69) is 4.98 Å². The first-order valence-corrected chi connectivity index (χ1v) is 6.46. The number of aromatic amines is 1. The minimum absolute atomic E-state index is 0.0832. The summed E-state index contributed by atoms with van der Waals surface area (Å²) in [5.74, 6) is -0.403. The molecule has 0 bridgehead atoms. The van der Waals surface area contributed by atoms with Crippen molar-refractivity contribution in [2.24, 2.45) is 0 Å². The standard InChI is InChI=1S/C14H16ClNO3/c1-8-11(15)6-5-10-9(4-3-7-17)13(14(18)19-2)16-12(8)10/h5-6,16-17H,3-4,7H2,1-2H3. The Labute approximate surface area is 116 Å². The van der Waals surface area contributed by atoms with Crippen molar-refractivity contribution in [2.45, 2.75) is 19.8 Å². The van der Waals surface area contributed by atoms with E-state index in [0.29, 0.717) is 23.6 Å². The Bertz CT molecular complexity index is 619. The molecule has 0 radical (unpaired) electrons. The third kappa shape index (κ3) is 2.46. The number of halogens is 1.